The fourth-order valence-corrected chi connectivity index (χ4v) is 2.99. The van der Waals surface area contributed by atoms with Gasteiger partial charge >= 0.3 is 0 Å². The maximum absolute atomic E-state index is 10.5. The van der Waals surface area contributed by atoms with E-state index in [1.54, 1.807) is 0 Å². The van der Waals surface area contributed by atoms with Crippen LogP contribution in [0.2, 0.25) is 0 Å². The molecular formula is C16H20O3. The molecule has 0 saturated carbocycles. The number of rotatable bonds is 3. The molecule has 19 heavy (non-hydrogen) atoms. The molecule has 2 aromatic rings. The second kappa shape index (κ2) is 4.99. The van der Waals surface area contributed by atoms with Gasteiger partial charge in [-0.25, -0.2) is 0 Å². The van der Waals surface area contributed by atoms with Crippen molar-refractivity contribution in [1.82, 2.24) is 0 Å². The van der Waals surface area contributed by atoms with E-state index in [0.717, 1.165) is 30.4 Å². The van der Waals surface area contributed by atoms with Crippen LogP contribution < -0.4 is 0 Å². The summed E-state index contributed by atoms with van der Waals surface area (Å²) in [5.41, 5.74) is 2.04. The molecule has 3 unspecified atom stereocenters. The third-order valence-corrected chi connectivity index (χ3v) is 4.05. The summed E-state index contributed by atoms with van der Waals surface area (Å²) in [5, 5.41) is 11.6. The van der Waals surface area contributed by atoms with Crippen LogP contribution in [0.4, 0.5) is 0 Å². The Bertz CT molecular complexity index is 572. The fourth-order valence-electron chi connectivity index (χ4n) is 2.99. The van der Waals surface area contributed by atoms with Crippen LogP contribution in [0.1, 0.15) is 37.2 Å². The highest BCUT2D eigenvalue weighted by Gasteiger charge is 2.35. The highest BCUT2D eigenvalue weighted by atomic mass is 16.5. The van der Waals surface area contributed by atoms with Crippen LogP contribution in [0.25, 0.3) is 11.0 Å². The zero-order valence-corrected chi connectivity index (χ0v) is 11.4. The van der Waals surface area contributed by atoms with Crippen molar-refractivity contribution in [3.05, 3.63) is 35.6 Å². The summed E-state index contributed by atoms with van der Waals surface area (Å²) in [6.07, 6.45) is 1.40. The smallest absolute Gasteiger partial charge is 0.134 e. The van der Waals surface area contributed by atoms with Crippen LogP contribution in [0, 0.1) is 12.8 Å². The zero-order valence-electron chi connectivity index (χ0n) is 11.4. The number of aliphatic hydroxyl groups is 1. The molecule has 1 saturated heterocycles. The first-order valence-corrected chi connectivity index (χ1v) is 6.99. The Labute approximate surface area is 113 Å². The highest BCUT2D eigenvalue weighted by Crippen LogP contribution is 2.36. The first-order valence-electron chi connectivity index (χ1n) is 6.99. The lowest BCUT2D eigenvalue weighted by Crippen LogP contribution is -2.21. The van der Waals surface area contributed by atoms with E-state index in [0.29, 0.717) is 5.76 Å². The number of ether oxygens (including phenoxy) is 1. The average Bonchev–Trinajstić information content (AvgIpc) is 3.03. The molecule has 3 nitrogen and oxygen atoms in total. The number of fused-ring (bicyclic) bond motifs is 1. The van der Waals surface area contributed by atoms with E-state index in [9.17, 15) is 5.11 Å². The lowest BCUT2D eigenvalue weighted by molar-refractivity contribution is 0.0218. The summed E-state index contributed by atoms with van der Waals surface area (Å²) in [4.78, 5) is 0. The Morgan fingerprint density at radius 2 is 2.21 bits per heavy atom. The van der Waals surface area contributed by atoms with Gasteiger partial charge in [0.1, 0.15) is 17.4 Å². The van der Waals surface area contributed by atoms with E-state index in [4.69, 9.17) is 9.15 Å². The normalized spacial score (nSPS) is 25.0. The Morgan fingerprint density at radius 1 is 1.37 bits per heavy atom. The molecule has 3 rings (SSSR count). The van der Waals surface area contributed by atoms with Crippen LogP contribution in [0.15, 0.2) is 28.7 Å². The zero-order chi connectivity index (χ0) is 13.4. The number of furan rings is 1. The molecular weight excluding hydrogens is 240 g/mol. The van der Waals surface area contributed by atoms with Gasteiger partial charge in [-0.15, -0.1) is 0 Å². The van der Waals surface area contributed by atoms with Gasteiger partial charge in [-0.3, -0.25) is 0 Å². The maximum Gasteiger partial charge on any atom is 0.134 e. The Kier molecular flexibility index (Phi) is 3.33. The first kappa shape index (κ1) is 12.7. The monoisotopic (exact) mass is 260 g/mol. The molecule has 1 fully saturated rings. The van der Waals surface area contributed by atoms with Gasteiger partial charge in [0.25, 0.3) is 0 Å². The molecule has 3 atom stereocenters. The molecule has 0 bridgehead atoms. The third kappa shape index (κ3) is 2.28. The fraction of sp³-hybridized carbons (Fsp3) is 0.500. The van der Waals surface area contributed by atoms with Gasteiger partial charge in [0.15, 0.2) is 0 Å². The first-order chi connectivity index (χ1) is 9.19. The van der Waals surface area contributed by atoms with E-state index in [2.05, 4.69) is 19.9 Å². The second-order valence-electron chi connectivity index (χ2n) is 5.40. The third-order valence-electron chi connectivity index (χ3n) is 4.05. The molecule has 1 aliphatic rings. The van der Waals surface area contributed by atoms with Gasteiger partial charge in [0, 0.05) is 17.9 Å². The van der Waals surface area contributed by atoms with E-state index in [-0.39, 0.29) is 12.0 Å². The van der Waals surface area contributed by atoms with Crippen LogP contribution in [0.5, 0.6) is 0 Å². The standard InChI is InChI=1S/C16H20O3/c1-3-13-12(6-7-18-13)16(17)15-9-11-8-10(2)4-5-14(11)19-15/h4-5,8-9,12-13,16-17H,3,6-7H2,1-2H3. The number of aliphatic hydroxyl groups excluding tert-OH is 1. The number of hydrogen-bond donors (Lipinski definition) is 1. The SMILES string of the molecule is CCC1OCCC1C(O)c1cc2cc(C)ccc2o1. The van der Waals surface area contributed by atoms with Gasteiger partial charge in [0.2, 0.25) is 0 Å². The van der Waals surface area contributed by atoms with Gasteiger partial charge < -0.3 is 14.3 Å². The van der Waals surface area contributed by atoms with Crippen molar-refractivity contribution >= 4 is 11.0 Å². The molecule has 0 amide bonds. The van der Waals surface area contributed by atoms with E-state index >= 15 is 0 Å². The summed E-state index contributed by atoms with van der Waals surface area (Å²) in [5.74, 6) is 0.807. The molecule has 3 heteroatoms. The molecule has 102 valence electrons. The summed E-state index contributed by atoms with van der Waals surface area (Å²) in [6, 6.07) is 8.02. The Hall–Kier alpha value is -1.32. The summed E-state index contributed by atoms with van der Waals surface area (Å²) < 4.78 is 11.4. The van der Waals surface area contributed by atoms with Gasteiger partial charge in [-0.05, 0) is 38.0 Å². The minimum atomic E-state index is -0.569. The Balaban J connectivity index is 1.90. The van der Waals surface area contributed by atoms with Crippen molar-refractivity contribution in [2.45, 2.75) is 38.9 Å². The van der Waals surface area contributed by atoms with Crippen molar-refractivity contribution in [3.8, 4) is 0 Å². The predicted octanol–water partition coefficient (Wildman–Crippen LogP) is 3.59. The van der Waals surface area contributed by atoms with Crippen molar-refractivity contribution in [2.75, 3.05) is 6.61 Å². The quantitative estimate of drug-likeness (QED) is 0.917. The number of aryl methyl sites for hydroxylation is 1. The largest absolute Gasteiger partial charge is 0.458 e. The lowest BCUT2D eigenvalue weighted by Gasteiger charge is -2.20. The highest BCUT2D eigenvalue weighted by molar-refractivity contribution is 5.78. The van der Waals surface area contributed by atoms with Gasteiger partial charge in [-0.2, -0.15) is 0 Å². The molecule has 1 aliphatic heterocycles. The topological polar surface area (TPSA) is 42.6 Å². The van der Waals surface area contributed by atoms with E-state index in [1.807, 2.05) is 18.2 Å². The number of benzene rings is 1. The van der Waals surface area contributed by atoms with Crippen LogP contribution in [0.3, 0.4) is 0 Å². The lowest BCUT2D eigenvalue weighted by atomic mass is 9.92. The minimum absolute atomic E-state index is 0.143. The van der Waals surface area contributed by atoms with E-state index < -0.39 is 6.10 Å². The summed E-state index contributed by atoms with van der Waals surface area (Å²) in [6.45, 7) is 4.89. The summed E-state index contributed by atoms with van der Waals surface area (Å²) >= 11 is 0. The van der Waals surface area contributed by atoms with Gasteiger partial charge in [0.05, 0.1) is 6.10 Å². The van der Waals surface area contributed by atoms with E-state index in [1.165, 1.54) is 5.56 Å². The molecule has 0 spiro atoms. The molecule has 1 aromatic carbocycles. The van der Waals surface area contributed by atoms with Crippen molar-refractivity contribution in [1.29, 1.82) is 0 Å². The summed E-state index contributed by atoms with van der Waals surface area (Å²) in [7, 11) is 0. The molecule has 0 radical (unpaired) electrons. The van der Waals surface area contributed by atoms with Crippen LogP contribution >= 0.6 is 0 Å². The predicted molar refractivity (Wildman–Crippen MR) is 74.0 cm³/mol. The van der Waals surface area contributed by atoms with Gasteiger partial charge in [-0.1, -0.05) is 18.6 Å². The molecule has 1 N–H and O–H groups in total. The minimum Gasteiger partial charge on any atom is -0.458 e. The second-order valence-corrected chi connectivity index (χ2v) is 5.40. The van der Waals surface area contributed by atoms with Crippen molar-refractivity contribution < 1.29 is 14.3 Å². The molecule has 0 aliphatic carbocycles. The Morgan fingerprint density at radius 3 is 3.00 bits per heavy atom. The maximum atomic E-state index is 10.5. The van der Waals surface area contributed by atoms with Crippen LogP contribution in [-0.2, 0) is 4.74 Å². The number of hydrogen-bond acceptors (Lipinski definition) is 3. The van der Waals surface area contributed by atoms with Crippen molar-refractivity contribution in [2.24, 2.45) is 5.92 Å². The average molecular weight is 260 g/mol. The molecule has 2 heterocycles. The van der Waals surface area contributed by atoms with Crippen LogP contribution in [-0.4, -0.2) is 17.8 Å². The molecule has 1 aromatic heterocycles. The van der Waals surface area contributed by atoms with Crippen molar-refractivity contribution in [3.63, 3.8) is 0 Å².